The van der Waals surface area contributed by atoms with Crippen LogP contribution in [0.5, 0.6) is 5.75 Å². The van der Waals surface area contributed by atoms with E-state index in [4.69, 9.17) is 4.74 Å². The Kier molecular flexibility index (Phi) is 5.79. The lowest BCUT2D eigenvalue weighted by molar-refractivity contribution is -0.119. The van der Waals surface area contributed by atoms with E-state index in [2.05, 4.69) is 10.4 Å². The monoisotopic (exact) mass is 404 g/mol. The topological polar surface area (TPSA) is 76.5 Å². The van der Waals surface area contributed by atoms with Gasteiger partial charge in [0.25, 0.3) is 5.56 Å². The van der Waals surface area contributed by atoms with Crippen LogP contribution in [0.3, 0.4) is 0 Å². The van der Waals surface area contributed by atoms with Gasteiger partial charge in [0.15, 0.2) is 0 Å². The number of amides is 1. The van der Waals surface area contributed by atoms with Crippen molar-refractivity contribution in [2.75, 3.05) is 30.4 Å². The Balaban J connectivity index is 1.39. The van der Waals surface area contributed by atoms with Crippen LogP contribution in [0, 0.1) is 5.92 Å². The lowest BCUT2D eigenvalue weighted by atomic mass is 10.1. The lowest BCUT2D eigenvalue weighted by Crippen LogP contribution is -2.29. The Morgan fingerprint density at radius 3 is 2.77 bits per heavy atom. The molecule has 0 spiro atoms. The largest absolute Gasteiger partial charge is 0.497 e. The molecular formula is C23H24N4O3. The van der Waals surface area contributed by atoms with Gasteiger partial charge >= 0.3 is 0 Å². The Hall–Kier alpha value is -3.61. The molecule has 2 heterocycles. The smallest absolute Gasteiger partial charge is 0.269 e. The second kappa shape index (κ2) is 8.82. The second-order valence-corrected chi connectivity index (χ2v) is 7.35. The summed E-state index contributed by atoms with van der Waals surface area (Å²) in [6.45, 7) is 1.70. The number of hydrogen-bond donors (Lipinski definition) is 1. The van der Waals surface area contributed by atoms with E-state index in [1.165, 1.54) is 4.68 Å². The molecule has 0 bridgehead atoms. The van der Waals surface area contributed by atoms with E-state index >= 15 is 0 Å². The molecule has 154 valence electrons. The maximum Gasteiger partial charge on any atom is 0.269 e. The fourth-order valence-electron chi connectivity index (χ4n) is 3.63. The third-order valence-corrected chi connectivity index (χ3v) is 5.29. The number of ether oxygens (including phenoxy) is 1. The average Bonchev–Trinajstić information content (AvgIpc) is 3.26. The number of nitrogens with one attached hydrogen (secondary N) is 1. The fraction of sp³-hybridized carbons (Fsp3) is 0.261. The number of carbonyl (C=O) groups excluding carboxylic acids is 1. The molecule has 7 heteroatoms. The quantitative estimate of drug-likeness (QED) is 0.684. The maximum atomic E-state index is 12.7. The van der Waals surface area contributed by atoms with Crippen LogP contribution in [0.2, 0.25) is 0 Å². The van der Waals surface area contributed by atoms with Crippen molar-refractivity contribution >= 4 is 17.3 Å². The number of nitrogens with zero attached hydrogens (tertiary/aromatic N) is 3. The first-order valence-electron chi connectivity index (χ1n) is 9.93. The Morgan fingerprint density at radius 1 is 1.17 bits per heavy atom. The molecule has 1 aliphatic rings. The highest BCUT2D eigenvalue weighted by atomic mass is 16.5. The number of rotatable bonds is 6. The number of aromatic nitrogens is 2. The first kappa shape index (κ1) is 19.7. The van der Waals surface area contributed by atoms with E-state index in [-0.39, 0.29) is 17.4 Å². The zero-order valence-corrected chi connectivity index (χ0v) is 16.8. The molecule has 1 unspecified atom stereocenters. The summed E-state index contributed by atoms with van der Waals surface area (Å²) in [5.41, 5.74) is 2.33. The Bertz CT molecular complexity index is 1080. The second-order valence-electron chi connectivity index (χ2n) is 7.35. The summed E-state index contributed by atoms with van der Waals surface area (Å²) in [6.07, 6.45) is 2.43. The minimum Gasteiger partial charge on any atom is -0.497 e. The summed E-state index contributed by atoms with van der Waals surface area (Å²) in [7, 11) is 1.59. The molecule has 7 nitrogen and oxygen atoms in total. The molecule has 3 aromatic rings. The SMILES string of the molecule is COc1cccc(NC(=O)C2CCN(c3cnn(Cc4ccccc4)c(=O)c3)C2)c1. The predicted octanol–water partition coefficient (Wildman–Crippen LogP) is 2.77. The van der Waals surface area contributed by atoms with Crippen molar-refractivity contribution in [1.29, 1.82) is 0 Å². The van der Waals surface area contributed by atoms with Crippen LogP contribution in [-0.2, 0) is 11.3 Å². The summed E-state index contributed by atoms with van der Waals surface area (Å²) in [5.74, 6) is 0.516. The van der Waals surface area contributed by atoms with Crippen LogP contribution in [0.1, 0.15) is 12.0 Å². The molecule has 1 amide bonds. The molecule has 2 aromatic carbocycles. The molecule has 1 N–H and O–H groups in total. The van der Waals surface area contributed by atoms with Gasteiger partial charge in [-0.3, -0.25) is 9.59 Å². The molecule has 0 saturated carbocycles. The van der Waals surface area contributed by atoms with Crippen molar-refractivity contribution in [1.82, 2.24) is 9.78 Å². The van der Waals surface area contributed by atoms with Gasteiger partial charge in [-0.2, -0.15) is 5.10 Å². The van der Waals surface area contributed by atoms with Gasteiger partial charge in [-0.1, -0.05) is 36.4 Å². The zero-order valence-electron chi connectivity index (χ0n) is 16.8. The van der Waals surface area contributed by atoms with Gasteiger partial charge in [0, 0.05) is 30.9 Å². The zero-order chi connectivity index (χ0) is 20.9. The van der Waals surface area contributed by atoms with Crippen LogP contribution in [0.4, 0.5) is 11.4 Å². The highest BCUT2D eigenvalue weighted by Gasteiger charge is 2.29. The molecule has 1 aromatic heterocycles. The molecular weight excluding hydrogens is 380 g/mol. The third kappa shape index (κ3) is 4.51. The minimum atomic E-state index is -0.152. The van der Waals surface area contributed by atoms with E-state index in [1.54, 1.807) is 25.4 Å². The van der Waals surface area contributed by atoms with Crippen LogP contribution < -0.4 is 20.5 Å². The first-order valence-corrected chi connectivity index (χ1v) is 9.93. The van der Waals surface area contributed by atoms with E-state index < -0.39 is 0 Å². The molecule has 1 fully saturated rings. The summed E-state index contributed by atoms with van der Waals surface area (Å²) < 4.78 is 6.64. The number of methoxy groups -OCH3 is 1. The van der Waals surface area contributed by atoms with E-state index in [0.29, 0.717) is 31.1 Å². The summed E-state index contributed by atoms with van der Waals surface area (Å²) >= 11 is 0. The normalized spacial score (nSPS) is 15.8. The van der Waals surface area contributed by atoms with E-state index in [9.17, 15) is 9.59 Å². The van der Waals surface area contributed by atoms with Gasteiger partial charge in [0.05, 0.1) is 31.5 Å². The van der Waals surface area contributed by atoms with Crippen molar-refractivity contribution in [3.63, 3.8) is 0 Å². The van der Waals surface area contributed by atoms with Gasteiger partial charge in [0.1, 0.15) is 5.75 Å². The van der Waals surface area contributed by atoms with Gasteiger partial charge in [-0.05, 0) is 24.1 Å². The summed E-state index contributed by atoms with van der Waals surface area (Å²) in [5, 5.41) is 7.27. The van der Waals surface area contributed by atoms with Crippen LogP contribution in [-0.4, -0.2) is 35.9 Å². The van der Waals surface area contributed by atoms with Gasteiger partial charge in [-0.15, -0.1) is 0 Å². The van der Waals surface area contributed by atoms with Crippen LogP contribution in [0.25, 0.3) is 0 Å². The van der Waals surface area contributed by atoms with Crippen molar-refractivity contribution in [2.24, 2.45) is 5.92 Å². The molecule has 0 radical (unpaired) electrons. The van der Waals surface area contributed by atoms with Gasteiger partial charge in [0.2, 0.25) is 5.91 Å². The number of hydrogen-bond acceptors (Lipinski definition) is 5. The first-order chi connectivity index (χ1) is 14.6. The number of anilines is 2. The fourth-order valence-corrected chi connectivity index (χ4v) is 3.63. The van der Waals surface area contributed by atoms with Gasteiger partial charge < -0.3 is 15.0 Å². The lowest BCUT2D eigenvalue weighted by Gasteiger charge is -2.18. The highest BCUT2D eigenvalue weighted by molar-refractivity contribution is 5.93. The van der Waals surface area contributed by atoms with Crippen molar-refractivity contribution in [2.45, 2.75) is 13.0 Å². The van der Waals surface area contributed by atoms with Crippen molar-refractivity contribution in [3.05, 3.63) is 82.8 Å². The van der Waals surface area contributed by atoms with E-state index in [1.807, 2.05) is 53.4 Å². The molecule has 1 aliphatic heterocycles. The molecule has 1 atom stereocenters. The molecule has 0 aliphatic carbocycles. The van der Waals surface area contributed by atoms with Crippen LogP contribution in [0.15, 0.2) is 71.7 Å². The summed E-state index contributed by atoms with van der Waals surface area (Å²) in [6, 6.07) is 18.7. The number of benzene rings is 2. The maximum absolute atomic E-state index is 12.7. The Labute approximate surface area is 174 Å². The van der Waals surface area contributed by atoms with E-state index in [0.717, 1.165) is 17.7 Å². The third-order valence-electron chi connectivity index (χ3n) is 5.29. The van der Waals surface area contributed by atoms with Crippen molar-refractivity contribution < 1.29 is 9.53 Å². The van der Waals surface area contributed by atoms with Crippen LogP contribution >= 0.6 is 0 Å². The molecule has 1 saturated heterocycles. The minimum absolute atomic E-state index is 0.0314. The Morgan fingerprint density at radius 2 is 2.00 bits per heavy atom. The predicted molar refractivity (Wildman–Crippen MR) is 116 cm³/mol. The highest BCUT2D eigenvalue weighted by Crippen LogP contribution is 2.24. The molecule has 30 heavy (non-hydrogen) atoms. The average molecular weight is 404 g/mol. The number of carbonyl (C=O) groups is 1. The van der Waals surface area contributed by atoms with Crippen molar-refractivity contribution in [3.8, 4) is 5.75 Å². The summed E-state index contributed by atoms with van der Waals surface area (Å²) in [4.78, 5) is 27.2. The van der Waals surface area contributed by atoms with Gasteiger partial charge in [-0.25, -0.2) is 4.68 Å². The molecule has 4 rings (SSSR count). The standard InChI is InChI=1S/C23H24N4O3/c1-30-21-9-5-8-19(12-21)25-23(29)18-10-11-26(16-18)20-13-22(28)27(24-14-20)15-17-6-3-2-4-7-17/h2-9,12-14,18H,10-11,15-16H2,1H3,(H,25,29).